The van der Waals surface area contributed by atoms with Gasteiger partial charge in [0.2, 0.25) is 5.91 Å². The SMILES string of the molecule is COc1ccc(C(CC(=O)O)NC(=O)CCc2nc3ccccc3c(=O)[nH]2)cc1OC. The number of H-pyrrole nitrogens is 1. The number of hydrogen-bond acceptors (Lipinski definition) is 6. The number of nitrogens with zero attached hydrogens (tertiary/aromatic N) is 1. The molecule has 1 amide bonds. The van der Waals surface area contributed by atoms with Gasteiger partial charge >= 0.3 is 5.97 Å². The van der Waals surface area contributed by atoms with Gasteiger partial charge in [-0.1, -0.05) is 18.2 Å². The number of carboxylic acid groups (broad SMARTS) is 1. The van der Waals surface area contributed by atoms with Crippen molar-refractivity contribution in [2.24, 2.45) is 0 Å². The molecule has 1 unspecified atom stereocenters. The molecule has 0 aliphatic rings. The molecule has 3 aromatic rings. The van der Waals surface area contributed by atoms with Gasteiger partial charge in [0.25, 0.3) is 5.56 Å². The van der Waals surface area contributed by atoms with E-state index in [4.69, 9.17) is 9.47 Å². The summed E-state index contributed by atoms with van der Waals surface area (Å²) in [5.74, 6) is -0.0993. The van der Waals surface area contributed by atoms with Gasteiger partial charge in [0.1, 0.15) is 5.82 Å². The monoisotopic (exact) mass is 425 g/mol. The first-order valence-corrected chi connectivity index (χ1v) is 9.62. The van der Waals surface area contributed by atoms with Crippen molar-refractivity contribution in [1.29, 1.82) is 0 Å². The third kappa shape index (κ3) is 5.39. The van der Waals surface area contributed by atoms with Gasteiger partial charge in [0.05, 0.1) is 37.6 Å². The van der Waals surface area contributed by atoms with Crippen LogP contribution in [0.3, 0.4) is 0 Å². The van der Waals surface area contributed by atoms with E-state index in [-0.39, 0.29) is 30.7 Å². The van der Waals surface area contributed by atoms with E-state index in [1.807, 2.05) is 0 Å². The first kappa shape index (κ1) is 21.8. The molecule has 3 rings (SSSR count). The van der Waals surface area contributed by atoms with Crippen LogP contribution in [0.1, 0.15) is 30.3 Å². The van der Waals surface area contributed by atoms with Crippen molar-refractivity contribution in [1.82, 2.24) is 15.3 Å². The molecule has 3 N–H and O–H groups in total. The summed E-state index contributed by atoms with van der Waals surface area (Å²) < 4.78 is 10.5. The molecular formula is C22H23N3O6. The Kier molecular flexibility index (Phi) is 6.86. The number of aryl methyl sites for hydroxylation is 1. The molecule has 0 bridgehead atoms. The van der Waals surface area contributed by atoms with Crippen molar-refractivity contribution >= 4 is 22.8 Å². The fraction of sp³-hybridized carbons (Fsp3) is 0.273. The molecule has 0 saturated heterocycles. The predicted molar refractivity (Wildman–Crippen MR) is 113 cm³/mol. The maximum atomic E-state index is 12.5. The number of ether oxygens (including phenoxy) is 2. The second-order valence-electron chi connectivity index (χ2n) is 6.86. The van der Waals surface area contributed by atoms with Crippen molar-refractivity contribution in [3.63, 3.8) is 0 Å². The topological polar surface area (TPSA) is 131 Å². The van der Waals surface area contributed by atoms with Crippen molar-refractivity contribution in [3.8, 4) is 11.5 Å². The highest BCUT2D eigenvalue weighted by molar-refractivity contribution is 5.79. The van der Waals surface area contributed by atoms with Crippen molar-refractivity contribution in [3.05, 3.63) is 64.2 Å². The van der Waals surface area contributed by atoms with Crippen LogP contribution in [-0.2, 0) is 16.0 Å². The van der Waals surface area contributed by atoms with Gasteiger partial charge in [-0.15, -0.1) is 0 Å². The molecule has 31 heavy (non-hydrogen) atoms. The Hall–Kier alpha value is -3.88. The number of carbonyl (C=O) groups is 2. The zero-order valence-corrected chi connectivity index (χ0v) is 17.2. The van der Waals surface area contributed by atoms with Gasteiger partial charge in [0, 0.05) is 12.8 Å². The standard InChI is InChI=1S/C22H23N3O6/c1-30-17-8-7-13(11-18(17)31-2)16(12-21(27)28)24-20(26)10-9-19-23-15-6-4-3-5-14(15)22(29)25-19/h3-8,11,16H,9-10,12H2,1-2H3,(H,24,26)(H,27,28)(H,23,25,29). The van der Waals surface area contributed by atoms with Gasteiger partial charge < -0.3 is 24.9 Å². The van der Waals surface area contributed by atoms with Crippen LogP contribution >= 0.6 is 0 Å². The molecule has 0 fully saturated rings. The van der Waals surface area contributed by atoms with Crippen LogP contribution in [0, 0.1) is 0 Å². The number of fused-ring (bicyclic) bond motifs is 1. The highest BCUT2D eigenvalue weighted by atomic mass is 16.5. The molecule has 162 valence electrons. The van der Waals surface area contributed by atoms with Crippen LogP contribution in [0.5, 0.6) is 11.5 Å². The summed E-state index contributed by atoms with van der Waals surface area (Å²) in [6, 6.07) is 11.2. The van der Waals surface area contributed by atoms with Crippen LogP contribution < -0.4 is 20.3 Å². The highest BCUT2D eigenvalue weighted by Crippen LogP contribution is 2.31. The largest absolute Gasteiger partial charge is 0.493 e. The Morgan fingerprint density at radius 3 is 2.58 bits per heavy atom. The number of aliphatic carboxylic acids is 1. The molecule has 0 spiro atoms. The Morgan fingerprint density at radius 2 is 1.87 bits per heavy atom. The second-order valence-corrected chi connectivity index (χ2v) is 6.86. The normalized spacial score (nSPS) is 11.7. The fourth-order valence-corrected chi connectivity index (χ4v) is 3.25. The minimum Gasteiger partial charge on any atom is -0.493 e. The summed E-state index contributed by atoms with van der Waals surface area (Å²) in [4.78, 5) is 43.1. The summed E-state index contributed by atoms with van der Waals surface area (Å²) in [5, 5.41) is 12.5. The quantitative estimate of drug-likeness (QED) is 0.479. The summed E-state index contributed by atoms with van der Waals surface area (Å²) in [6.45, 7) is 0. The van der Waals surface area contributed by atoms with Crippen LogP contribution in [0.25, 0.3) is 10.9 Å². The van der Waals surface area contributed by atoms with Crippen molar-refractivity contribution in [2.75, 3.05) is 14.2 Å². The number of para-hydroxylation sites is 1. The van der Waals surface area contributed by atoms with Crippen LogP contribution in [0.4, 0.5) is 0 Å². The minimum atomic E-state index is -1.05. The third-order valence-electron chi connectivity index (χ3n) is 4.77. The number of rotatable bonds is 9. The van der Waals surface area contributed by atoms with Gasteiger partial charge in [-0.3, -0.25) is 14.4 Å². The second kappa shape index (κ2) is 9.75. The number of hydrogen-bond donors (Lipinski definition) is 3. The minimum absolute atomic E-state index is 0.0324. The molecule has 9 nitrogen and oxygen atoms in total. The summed E-state index contributed by atoms with van der Waals surface area (Å²) in [6.07, 6.45) is -0.0609. The lowest BCUT2D eigenvalue weighted by Crippen LogP contribution is -2.30. The van der Waals surface area contributed by atoms with Crippen molar-refractivity contribution < 1.29 is 24.2 Å². The predicted octanol–water partition coefficient (Wildman–Crippen LogP) is 2.21. The lowest BCUT2D eigenvalue weighted by molar-refractivity contribution is -0.137. The molecule has 0 aliphatic heterocycles. The number of benzene rings is 2. The molecule has 0 aliphatic carbocycles. The highest BCUT2D eigenvalue weighted by Gasteiger charge is 2.20. The number of carboxylic acids is 1. The average Bonchev–Trinajstić information content (AvgIpc) is 2.76. The van der Waals surface area contributed by atoms with Gasteiger partial charge in [0.15, 0.2) is 11.5 Å². The molecule has 0 radical (unpaired) electrons. The van der Waals surface area contributed by atoms with Crippen LogP contribution in [0.2, 0.25) is 0 Å². The first-order valence-electron chi connectivity index (χ1n) is 9.62. The average molecular weight is 425 g/mol. The van der Waals surface area contributed by atoms with E-state index in [2.05, 4.69) is 15.3 Å². The molecule has 0 saturated carbocycles. The van der Waals surface area contributed by atoms with E-state index >= 15 is 0 Å². The molecular weight excluding hydrogens is 402 g/mol. The van der Waals surface area contributed by atoms with E-state index in [1.165, 1.54) is 14.2 Å². The Bertz CT molecular complexity index is 1160. The first-order chi connectivity index (χ1) is 14.9. The molecule has 9 heteroatoms. The smallest absolute Gasteiger partial charge is 0.305 e. The summed E-state index contributed by atoms with van der Waals surface area (Å²) in [7, 11) is 2.98. The van der Waals surface area contributed by atoms with Crippen LogP contribution in [-0.4, -0.2) is 41.2 Å². The summed E-state index contributed by atoms with van der Waals surface area (Å²) >= 11 is 0. The van der Waals surface area contributed by atoms with Gasteiger partial charge in [-0.05, 0) is 29.8 Å². The lowest BCUT2D eigenvalue weighted by atomic mass is 10.0. The zero-order valence-electron chi connectivity index (χ0n) is 17.2. The third-order valence-corrected chi connectivity index (χ3v) is 4.77. The number of methoxy groups -OCH3 is 2. The summed E-state index contributed by atoms with van der Waals surface area (Å²) in [5.41, 5.74) is 0.858. The number of aromatic nitrogens is 2. The molecule has 2 aromatic carbocycles. The number of nitrogens with one attached hydrogen (secondary N) is 2. The maximum Gasteiger partial charge on any atom is 0.305 e. The van der Waals surface area contributed by atoms with Gasteiger partial charge in [-0.2, -0.15) is 0 Å². The van der Waals surface area contributed by atoms with E-state index in [0.717, 1.165) is 0 Å². The van der Waals surface area contributed by atoms with Crippen LogP contribution in [0.15, 0.2) is 47.3 Å². The number of aromatic amines is 1. The van der Waals surface area contributed by atoms with Gasteiger partial charge in [-0.25, -0.2) is 4.98 Å². The zero-order chi connectivity index (χ0) is 22.4. The molecule has 1 aromatic heterocycles. The van der Waals surface area contributed by atoms with E-state index in [9.17, 15) is 19.5 Å². The molecule has 1 heterocycles. The van der Waals surface area contributed by atoms with E-state index in [1.54, 1.807) is 42.5 Å². The lowest BCUT2D eigenvalue weighted by Gasteiger charge is -2.19. The van der Waals surface area contributed by atoms with Crippen molar-refractivity contribution in [2.45, 2.75) is 25.3 Å². The fourth-order valence-electron chi connectivity index (χ4n) is 3.25. The molecule has 1 atom stereocenters. The Labute approximate surface area is 178 Å². The number of carbonyl (C=O) groups excluding carboxylic acids is 1. The van der Waals surface area contributed by atoms with E-state index < -0.39 is 12.0 Å². The maximum absolute atomic E-state index is 12.5. The Balaban J connectivity index is 1.73. The van der Waals surface area contributed by atoms with E-state index in [0.29, 0.717) is 33.8 Å². The Morgan fingerprint density at radius 1 is 1.13 bits per heavy atom. The number of amides is 1.